The van der Waals surface area contributed by atoms with E-state index in [4.69, 9.17) is 10.7 Å². The Morgan fingerprint density at radius 3 is 2.62 bits per heavy atom. The topological polar surface area (TPSA) is 63.2 Å². The Kier molecular flexibility index (Phi) is 5.02. The van der Waals surface area contributed by atoms with Gasteiger partial charge in [0.25, 0.3) is 0 Å². The molecule has 1 atom stereocenters. The van der Waals surface area contributed by atoms with Crippen LogP contribution in [0.5, 0.6) is 0 Å². The second kappa shape index (κ2) is 5.24. The molecule has 0 aromatic carbocycles. The zero-order valence-electron chi connectivity index (χ0n) is 7.29. The van der Waals surface area contributed by atoms with E-state index in [2.05, 4.69) is 11.9 Å². The van der Waals surface area contributed by atoms with Gasteiger partial charge in [-0.15, -0.1) is 0 Å². The lowest BCUT2D eigenvalue weighted by Crippen LogP contribution is -2.29. The van der Waals surface area contributed by atoms with Crippen LogP contribution in [0, 0.1) is 5.92 Å². The molecule has 4 nitrogen and oxygen atoms in total. The molecule has 0 saturated carbocycles. The molecule has 1 amide bonds. The number of halogens is 1. The minimum Gasteiger partial charge on any atom is -0.352 e. The van der Waals surface area contributed by atoms with E-state index in [0.717, 1.165) is 6.08 Å². The molecule has 0 aliphatic heterocycles. The molecule has 0 rings (SSSR count). The summed E-state index contributed by atoms with van der Waals surface area (Å²) in [5.74, 6) is -0.670. The Morgan fingerprint density at radius 1 is 1.69 bits per heavy atom. The monoisotopic (exact) mass is 225 g/mol. The largest absolute Gasteiger partial charge is 0.352 e. The fourth-order valence-corrected chi connectivity index (χ4v) is 2.19. The SMILES string of the molecule is C=CC(=O)NCC(C)CS(=O)(=O)Cl. The molecular formula is C7H12ClNO3S. The van der Waals surface area contributed by atoms with Gasteiger partial charge >= 0.3 is 0 Å². The summed E-state index contributed by atoms with van der Waals surface area (Å²) < 4.78 is 21.2. The van der Waals surface area contributed by atoms with Gasteiger partial charge in [-0.25, -0.2) is 8.42 Å². The van der Waals surface area contributed by atoms with E-state index in [1.807, 2.05) is 0 Å². The van der Waals surface area contributed by atoms with Crippen LogP contribution in [0.2, 0.25) is 0 Å². The van der Waals surface area contributed by atoms with Crippen LogP contribution in [0.1, 0.15) is 6.92 Å². The van der Waals surface area contributed by atoms with Gasteiger partial charge in [-0.05, 0) is 12.0 Å². The van der Waals surface area contributed by atoms with Crippen molar-refractivity contribution in [1.29, 1.82) is 0 Å². The van der Waals surface area contributed by atoms with Crippen LogP contribution in [-0.4, -0.2) is 26.6 Å². The maximum atomic E-state index is 10.7. The van der Waals surface area contributed by atoms with Crippen molar-refractivity contribution in [3.05, 3.63) is 12.7 Å². The van der Waals surface area contributed by atoms with Crippen molar-refractivity contribution in [3.63, 3.8) is 0 Å². The first-order valence-corrected chi connectivity index (χ1v) is 6.15. The molecular weight excluding hydrogens is 214 g/mol. The average molecular weight is 226 g/mol. The quantitative estimate of drug-likeness (QED) is 0.547. The Morgan fingerprint density at radius 2 is 2.23 bits per heavy atom. The molecule has 0 aliphatic rings. The number of carbonyl (C=O) groups is 1. The predicted octanol–water partition coefficient (Wildman–Crippen LogP) is 0.493. The fourth-order valence-electron chi connectivity index (χ4n) is 0.746. The molecule has 13 heavy (non-hydrogen) atoms. The van der Waals surface area contributed by atoms with Crippen molar-refractivity contribution in [2.45, 2.75) is 6.92 Å². The molecule has 6 heteroatoms. The zero-order chi connectivity index (χ0) is 10.5. The Bertz CT molecular complexity index is 286. The Balaban J connectivity index is 3.83. The van der Waals surface area contributed by atoms with Gasteiger partial charge in [-0.1, -0.05) is 13.5 Å². The Hall–Kier alpha value is -0.550. The van der Waals surface area contributed by atoms with Crippen molar-refractivity contribution >= 4 is 25.6 Å². The highest BCUT2D eigenvalue weighted by Crippen LogP contribution is 2.04. The standard InChI is InChI=1S/C7H12ClNO3S/c1-3-7(10)9-4-6(2)5-13(8,11)12/h3,6H,1,4-5H2,2H3,(H,9,10). The van der Waals surface area contributed by atoms with Crippen molar-refractivity contribution in [2.75, 3.05) is 12.3 Å². The molecule has 1 N–H and O–H groups in total. The summed E-state index contributed by atoms with van der Waals surface area (Å²) in [5.41, 5.74) is 0. The van der Waals surface area contributed by atoms with Crippen LogP contribution < -0.4 is 5.32 Å². The number of hydrogen-bond donors (Lipinski definition) is 1. The maximum absolute atomic E-state index is 10.7. The third-order valence-electron chi connectivity index (χ3n) is 1.29. The van der Waals surface area contributed by atoms with E-state index in [9.17, 15) is 13.2 Å². The first-order chi connectivity index (χ1) is 5.85. The van der Waals surface area contributed by atoms with Crippen LogP contribution >= 0.6 is 10.7 Å². The maximum Gasteiger partial charge on any atom is 0.243 e. The van der Waals surface area contributed by atoms with Gasteiger partial charge in [0, 0.05) is 17.2 Å². The minimum atomic E-state index is -3.48. The first kappa shape index (κ1) is 12.4. The van der Waals surface area contributed by atoms with Gasteiger partial charge in [0.05, 0.1) is 5.75 Å². The zero-order valence-corrected chi connectivity index (χ0v) is 8.86. The molecule has 0 aromatic heterocycles. The summed E-state index contributed by atoms with van der Waals surface area (Å²) >= 11 is 0. The van der Waals surface area contributed by atoms with Crippen LogP contribution in [0.3, 0.4) is 0 Å². The van der Waals surface area contributed by atoms with Gasteiger partial charge in [0.15, 0.2) is 0 Å². The van der Waals surface area contributed by atoms with E-state index in [-0.39, 0.29) is 24.1 Å². The third-order valence-corrected chi connectivity index (χ3v) is 2.64. The number of carbonyl (C=O) groups excluding carboxylic acids is 1. The molecule has 0 aliphatic carbocycles. The van der Waals surface area contributed by atoms with E-state index >= 15 is 0 Å². The molecule has 0 saturated heterocycles. The minimum absolute atomic E-state index is 0.147. The predicted molar refractivity (Wildman–Crippen MR) is 52.0 cm³/mol. The molecule has 0 heterocycles. The van der Waals surface area contributed by atoms with Crippen molar-refractivity contribution in [3.8, 4) is 0 Å². The summed E-state index contributed by atoms with van der Waals surface area (Å²) in [6.45, 7) is 5.22. The molecule has 0 fully saturated rings. The highest BCUT2D eigenvalue weighted by atomic mass is 35.7. The first-order valence-electron chi connectivity index (χ1n) is 3.67. The van der Waals surface area contributed by atoms with Crippen LogP contribution in [0.25, 0.3) is 0 Å². The van der Waals surface area contributed by atoms with Gasteiger partial charge < -0.3 is 5.32 Å². The number of rotatable bonds is 5. The summed E-state index contributed by atoms with van der Waals surface area (Å²) in [7, 11) is 1.53. The van der Waals surface area contributed by atoms with Crippen molar-refractivity contribution < 1.29 is 13.2 Å². The van der Waals surface area contributed by atoms with E-state index in [1.165, 1.54) is 0 Å². The van der Waals surface area contributed by atoms with Crippen molar-refractivity contribution in [2.24, 2.45) is 5.92 Å². The molecule has 0 bridgehead atoms. The van der Waals surface area contributed by atoms with Crippen LogP contribution in [0.4, 0.5) is 0 Å². The lowest BCUT2D eigenvalue weighted by atomic mass is 10.2. The van der Waals surface area contributed by atoms with E-state index in [0.29, 0.717) is 0 Å². The smallest absolute Gasteiger partial charge is 0.243 e. The normalized spacial score (nSPS) is 13.4. The second-order valence-electron chi connectivity index (χ2n) is 2.76. The van der Waals surface area contributed by atoms with Gasteiger partial charge in [-0.2, -0.15) is 0 Å². The van der Waals surface area contributed by atoms with Crippen molar-refractivity contribution in [1.82, 2.24) is 5.32 Å². The lowest BCUT2D eigenvalue weighted by molar-refractivity contribution is -0.116. The lowest BCUT2D eigenvalue weighted by Gasteiger charge is -2.08. The van der Waals surface area contributed by atoms with Gasteiger partial charge in [-0.3, -0.25) is 4.79 Å². The molecule has 0 spiro atoms. The molecule has 76 valence electrons. The number of amides is 1. The third kappa shape index (κ3) is 7.80. The molecule has 0 aromatic rings. The van der Waals surface area contributed by atoms with Gasteiger partial charge in [0.2, 0.25) is 15.0 Å². The fraction of sp³-hybridized carbons (Fsp3) is 0.571. The van der Waals surface area contributed by atoms with Crippen LogP contribution in [0.15, 0.2) is 12.7 Å². The summed E-state index contributed by atoms with van der Waals surface area (Å²) in [6, 6.07) is 0. The van der Waals surface area contributed by atoms with E-state index < -0.39 is 9.05 Å². The summed E-state index contributed by atoms with van der Waals surface area (Å²) in [5, 5.41) is 2.47. The summed E-state index contributed by atoms with van der Waals surface area (Å²) in [6.07, 6.45) is 1.13. The molecule has 1 unspecified atom stereocenters. The number of nitrogens with one attached hydrogen (secondary N) is 1. The summed E-state index contributed by atoms with van der Waals surface area (Å²) in [4.78, 5) is 10.7. The molecule has 0 radical (unpaired) electrons. The van der Waals surface area contributed by atoms with Gasteiger partial charge in [0.1, 0.15) is 0 Å². The van der Waals surface area contributed by atoms with Crippen LogP contribution in [-0.2, 0) is 13.8 Å². The Labute approximate surface area is 82.4 Å². The highest BCUT2D eigenvalue weighted by Gasteiger charge is 2.12. The average Bonchev–Trinajstić information content (AvgIpc) is 1.97. The second-order valence-corrected chi connectivity index (χ2v) is 5.58. The van der Waals surface area contributed by atoms with E-state index in [1.54, 1.807) is 6.92 Å². The highest BCUT2D eigenvalue weighted by molar-refractivity contribution is 8.13. The number of hydrogen-bond acceptors (Lipinski definition) is 3.